The summed E-state index contributed by atoms with van der Waals surface area (Å²) in [5.74, 6) is -0.289. The van der Waals surface area contributed by atoms with Crippen LogP contribution in [0.2, 0.25) is 0 Å². The van der Waals surface area contributed by atoms with Gasteiger partial charge in [0.25, 0.3) is 0 Å². The summed E-state index contributed by atoms with van der Waals surface area (Å²) in [6.07, 6.45) is -2.45. The van der Waals surface area contributed by atoms with Crippen molar-refractivity contribution < 1.29 is 17.6 Å². The van der Waals surface area contributed by atoms with Crippen LogP contribution in [-0.2, 0) is 6.42 Å². The lowest BCUT2D eigenvalue weighted by atomic mass is 10.2. The Morgan fingerprint density at radius 2 is 1.80 bits per heavy atom. The zero-order valence-corrected chi connectivity index (χ0v) is 11.1. The summed E-state index contributed by atoms with van der Waals surface area (Å²) in [5, 5.41) is 0. The van der Waals surface area contributed by atoms with Crippen LogP contribution in [0.15, 0.2) is 6.33 Å². The Hall–Kier alpha value is -1.44. The Kier molecular flexibility index (Phi) is 4.42. The van der Waals surface area contributed by atoms with Crippen molar-refractivity contribution in [3.8, 4) is 0 Å². The zero-order chi connectivity index (χ0) is 14.8. The Balaban J connectivity index is 2.01. The van der Waals surface area contributed by atoms with E-state index in [4.69, 9.17) is 0 Å². The van der Waals surface area contributed by atoms with Gasteiger partial charge in [0.05, 0.1) is 12.2 Å². The predicted octanol–water partition coefficient (Wildman–Crippen LogP) is 1.86. The Morgan fingerprint density at radius 3 is 2.35 bits per heavy atom. The maximum absolute atomic E-state index is 14.1. The van der Waals surface area contributed by atoms with Gasteiger partial charge < -0.3 is 4.90 Å². The molecule has 20 heavy (non-hydrogen) atoms. The number of anilines is 1. The van der Waals surface area contributed by atoms with E-state index in [0.717, 1.165) is 0 Å². The SMILES string of the molecule is CCc1ncnc(N2CCN(CC(F)(F)F)CC2)c1F. The molecule has 1 fully saturated rings. The van der Waals surface area contributed by atoms with Gasteiger partial charge in [-0.15, -0.1) is 0 Å². The third kappa shape index (κ3) is 3.56. The molecule has 2 rings (SSSR count). The van der Waals surface area contributed by atoms with Gasteiger partial charge in [-0.3, -0.25) is 4.90 Å². The fourth-order valence-corrected chi connectivity index (χ4v) is 2.23. The van der Waals surface area contributed by atoms with Gasteiger partial charge in [-0.1, -0.05) is 6.92 Å². The van der Waals surface area contributed by atoms with Gasteiger partial charge in [-0.05, 0) is 6.42 Å². The summed E-state index contributed by atoms with van der Waals surface area (Å²) in [7, 11) is 0. The normalized spacial score (nSPS) is 17.6. The van der Waals surface area contributed by atoms with Crippen molar-refractivity contribution in [3.63, 3.8) is 0 Å². The van der Waals surface area contributed by atoms with E-state index >= 15 is 0 Å². The number of aryl methyl sites for hydroxylation is 1. The average molecular weight is 292 g/mol. The Labute approximate surface area is 114 Å². The van der Waals surface area contributed by atoms with Crippen LogP contribution in [0.4, 0.5) is 23.4 Å². The number of hydrogen-bond donors (Lipinski definition) is 0. The van der Waals surface area contributed by atoms with E-state index in [1.807, 2.05) is 0 Å². The molecular formula is C12H16F4N4. The molecule has 1 saturated heterocycles. The molecule has 1 aromatic heterocycles. The molecule has 0 radical (unpaired) electrons. The standard InChI is InChI=1S/C12H16F4N4/c1-2-9-10(13)11(18-8-17-9)20-5-3-19(4-6-20)7-12(14,15)16/h8H,2-7H2,1H3. The second-order valence-corrected chi connectivity index (χ2v) is 4.69. The first-order valence-electron chi connectivity index (χ1n) is 6.44. The monoisotopic (exact) mass is 292 g/mol. The molecule has 1 aliphatic heterocycles. The van der Waals surface area contributed by atoms with Crippen LogP contribution < -0.4 is 4.90 Å². The van der Waals surface area contributed by atoms with Crippen LogP contribution in [0, 0.1) is 5.82 Å². The highest BCUT2D eigenvalue weighted by Gasteiger charge is 2.32. The van der Waals surface area contributed by atoms with Gasteiger partial charge in [0.2, 0.25) is 0 Å². The number of alkyl halides is 3. The van der Waals surface area contributed by atoms with Gasteiger partial charge in [0, 0.05) is 26.2 Å². The molecule has 1 aromatic rings. The lowest BCUT2D eigenvalue weighted by Gasteiger charge is -2.35. The summed E-state index contributed by atoms with van der Waals surface area (Å²) in [4.78, 5) is 10.7. The summed E-state index contributed by atoms with van der Waals surface area (Å²) >= 11 is 0. The maximum atomic E-state index is 14.1. The molecule has 0 N–H and O–H groups in total. The summed E-state index contributed by atoms with van der Waals surface area (Å²) in [5.41, 5.74) is 0.327. The highest BCUT2D eigenvalue weighted by atomic mass is 19.4. The lowest BCUT2D eigenvalue weighted by Crippen LogP contribution is -2.49. The quantitative estimate of drug-likeness (QED) is 0.796. The molecule has 0 amide bonds. The Bertz CT molecular complexity index is 455. The molecule has 1 aliphatic rings. The maximum Gasteiger partial charge on any atom is 0.401 e. The molecule has 112 valence electrons. The minimum Gasteiger partial charge on any atom is -0.352 e. The van der Waals surface area contributed by atoms with Crippen molar-refractivity contribution in [2.75, 3.05) is 37.6 Å². The molecule has 0 aliphatic carbocycles. The van der Waals surface area contributed by atoms with Crippen molar-refractivity contribution in [2.45, 2.75) is 19.5 Å². The van der Waals surface area contributed by atoms with Gasteiger partial charge in [-0.25, -0.2) is 14.4 Å². The van der Waals surface area contributed by atoms with Crippen molar-refractivity contribution in [3.05, 3.63) is 17.8 Å². The average Bonchev–Trinajstić information content (AvgIpc) is 2.38. The van der Waals surface area contributed by atoms with Crippen molar-refractivity contribution in [2.24, 2.45) is 0 Å². The van der Waals surface area contributed by atoms with Gasteiger partial charge in [-0.2, -0.15) is 13.2 Å². The van der Waals surface area contributed by atoms with E-state index in [0.29, 0.717) is 25.2 Å². The third-order valence-corrected chi connectivity index (χ3v) is 3.25. The van der Waals surface area contributed by atoms with E-state index < -0.39 is 18.5 Å². The van der Waals surface area contributed by atoms with E-state index in [1.54, 1.807) is 11.8 Å². The first kappa shape index (κ1) is 15.0. The largest absolute Gasteiger partial charge is 0.401 e. The van der Waals surface area contributed by atoms with E-state index in [9.17, 15) is 17.6 Å². The van der Waals surface area contributed by atoms with Crippen molar-refractivity contribution >= 4 is 5.82 Å². The number of rotatable bonds is 3. The number of piperazine rings is 1. The lowest BCUT2D eigenvalue weighted by molar-refractivity contribution is -0.146. The molecule has 0 saturated carbocycles. The van der Waals surface area contributed by atoms with Crippen LogP contribution in [0.25, 0.3) is 0 Å². The number of halogens is 4. The topological polar surface area (TPSA) is 32.3 Å². The van der Waals surface area contributed by atoms with E-state index in [1.165, 1.54) is 11.2 Å². The molecular weight excluding hydrogens is 276 g/mol. The zero-order valence-electron chi connectivity index (χ0n) is 11.1. The van der Waals surface area contributed by atoms with Crippen LogP contribution in [0.5, 0.6) is 0 Å². The van der Waals surface area contributed by atoms with E-state index in [-0.39, 0.29) is 18.9 Å². The van der Waals surface area contributed by atoms with Crippen molar-refractivity contribution in [1.82, 2.24) is 14.9 Å². The van der Waals surface area contributed by atoms with Crippen LogP contribution in [0.3, 0.4) is 0 Å². The summed E-state index contributed by atoms with van der Waals surface area (Å²) in [6, 6.07) is 0. The predicted molar refractivity (Wildman–Crippen MR) is 66.1 cm³/mol. The molecule has 0 unspecified atom stereocenters. The number of hydrogen-bond acceptors (Lipinski definition) is 4. The fourth-order valence-electron chi connectivity index (χ4n) is 2.23. The number of nitrogens with zero attached hydrogens (tertiary/aromatic N) is 4. The fraction of sp³-hybridized carbons (Fsp3) is 0.667. The molecule has 0 bridgehead atoms. The molecule has 2 heterocycles. The number of aromatic nitrogens is 2. The van der Waals surface area contributed by atoms with Crippen LogP contribution >= 0.6 is 0 Å². The van der Waals surface area contributed by atoms with Crippen LogP contribution in [0.1, 0.15) is 12.6 Å². The first-order valence-corrected chi connectivity index (χ1v) is 6.44. The third-order valence-electron chi connectivity index (χ3n) is 3.25. The Morgan fingerprint density at radius 1 is 1.15 bits per heavy atom. The van der Waals surface area contributed by atoms with Gasteiger partial charge >= 0.3 is 6.18 Å². The minimum absolute atomic E-state index is 0.184. The molecule has 4 nitrogen and oxygen atoms in total. The van der Waals surface area contributed by atoms with Gasteiger partial charge in [0.1, 0.15) is 6.33 Å². The van der Waals surface area contributed by atoms with Crippen LogP contribution in [-0.4, -0.2) is 53.8 Å². The van der Waals surface area contributed by atoms with E-state index in [2.05, 4.69) is 9.97 Å². The molecule has 0 aromatic carbocycles. The second kappa shape index (κ2) is 5.90. The highest BCUT2D eigenvalue weighted by molar-refractivity contribution is 5.41. The first-order chi connectivity index (χ1) is 9.40. The van der Waals surface area contributed by atoms with Crippen molar-refractivity contribution in [1.29, 1.82) is 0 Å². The van der Waals surface area contributed by atoms with Gasteiger partial charge in [0.15, 0.2) is 11.6 Å². The highest BCUT2D eigenvalue weighted by Crippen LogP contribution is 2.22. The molecule has 0 spiro atoms. The molecule has 8 heteroatoms. The smallest absolute Gasteiger partial charge is 0.352 e. The second-order valence-electron chi connectivity index (χ2n) is 4.69. The minimum atomic E-state index is -4.20. The summed E-state index contributed by atoms with van der Waals surface area (Å²) in [6.45, 7) is 2.00. The summed E-state index contributed by atoms with van der Waals surface area (Å²) < 4.78 is 50.9. The molecule has 0 atom stereocenters.